The van der Waals surface area contributed by atoms with E-state index in [1.54, 1.807) is 0 Å². The van der Waals surface area contributed by atoms with Crippen LogP contribution in [0.3, 0.4) is 0 Å². The van der Waals surface area contributed by atoms with Gasteiger partial charge in [0.2, 0.25) is 0 Å². The number of hydrogen-bond acceptors (Lipinski definition) is 0. The molecule has 53 heavy (non-hydrogen) atoms. The Morgan fingerprint density at radius 3 is 0.774 bits per heavy atom. The molecule has 0 nitrogen and oxygen atoms in total. The first-order chi connectivity index (χ1) is 23.3. The predicted octanol–water partition coefficient (Wildman–Crippen LogP) is 14.2. The first-order valence-corrected chi connectivity index (χ1v) is 15.2. The maximum atomic E-state index is 14.0. The van der Waals surface area contributed by atoms with Crippen LogP contribution in [-0.2, 0) is 0 Å². The van der Waals surface area contributed by atoms with Gasteiger partial charge in [-0.05, 0) is 18.9 Å². The first kappa shape index (κ1) is 51.0. The van der Waals surface area contributed by atoms with Crippen LogP contribution in [0.1, 0.15) is 90.4 Å². The SMILES string of the molecule is CCCCCCCCCCCCCCC=CC(F)(F)C(F)(F)C(F)(F)C(F)(F)C(F)(F)C(F)(F)C(F)(F)C(F)(F)C(F)(F)C(F)(F)C(F)(F)C(F)(F)F. The summed E-state index contributed by atoms with van der Waals surface area (Å²) in [7, 11) is 0. The molecule has 0 aliphatic carbocycles. The lowest BCUT2D eigenvalue weighted by molar-refractivity contribution is -0.481. The zero-order chi connectivity index (χ0) is 42.6. The second-order valence-corrected chi connectivity index (χ2v) is 11.9. The van der Waals surface area contributed by atoms with E-state index in [0.29, 0.717) is 19.3 Å². The highest BCUT2D eigenvalue weighted by Gasteiger charge is 2.99. The zero-order valence-corrected chi connectivity index (χ0v) is 26.8. The summed E-state index contributed by atoms with van der Waals surface area (Å²) >= 11 is 0. The fourth-order valence-electron chi connectivity index (χ4n) is 4.40. The van der Waals surface area contributed by atoms with Gasteiger partial charge in [0.1, 0.15) is 0 Å². The van der Waals surface area contributed by atoms with E-state index >= 15 is 0 Å². The van der Waals surface area contributed by atoms with Crippen LogP contribution in [0.15, 0.2) is 12.2 Å². The minimum Gasteiger partial charge on any atom is -0.195 e. The van der Waals surface area contributed by atoms with E-state index in [9.17, 15) is 110 Å². The molecular weight excluding hydrogens is 811 g/mol. The molecule has 0 fully saturated rings. The minimum absolute atomic E-state index is 0.126. The molecular formula is C28H31F25. The molecule has 0 amide bonds. The first-order valence-electron chi connectivity index (χ1n) is 15.2. The fraction of sp³-hybridized carbons (Fsp3) is 0.929. The van der Waals surface area contributed by atoms with Gasteiger partial charge in [0.25, 0.3) is 0 Å². The van der Waals surface area contributed by atoms with Crippen LogP contribution in [0, 0.1) is 0 Å². The molecule has 0 aliphatic heterocycles. The van der Waals surface area contributed by atoms with E-state index in [4.69, 9.17) is 0 Å². The van der Waals surface area contributed by atoms with Crippen LogP contribution in [-0.4, -0.2) is 71.3 Å². The van der Waals surface area contributed by atoms with Crippen LogP contribution in [0.4, 0.5) is 110 Å². The van der Waals surface area contributed by atoms with Crippen molar-refractivity contribution in [2.45, 2.75) is 162 Å². The summed E-state index contributed by atoms with van der Waals surface area (Å²) in [6, 6.07) is 0. The maximum Gasteiger partial charge on any atom is 0.460 e. The van der Waals surface area contributed by atoms with Gasteiger partial charge in [0.15, 0.2) is 0 Å². The van der Waals surface area contributed by atoms with Crippen molar-refractivity contribution in [3.8, 4) is 0 Å². The third-order valence-electron chi connectivity index (χ3n) is 7.88. The van der Waals surface area contributed by atoms with Gasteiger partial charge in [0, 0.05) is 0 Å². The van der Waals surface area contributed by atoms with Crippen LogP contribution in [0.2, 0.25) is 0 Å². The van der Waals surface area contributed by atoms with Crippen LogP contribution in [0.25, 0.3) is 0 Å². The van der Waals surface area contributed by atoms with Crippen LogP contribution in [0.5, 0.6) is 0 Å². The largest absolute Gasteiger partial charge is 0.460 e. The highest BCUT2D eigenvalue weighted by molar-refractivity contribution is 5.21. The Morgan fingerprint density at radius 2 is 0.509 bits per heavy atom. The van der Waals surface area contributed by atoms with Crippen LogP contribution >= 0.6 is 0 Å². The Labute approximate surface area is 284 Å². The molecule has 25 heteroatoms. The molecule has 0 spiro atoms. The summed E-state index contributed by atoms with van der Waals surface area (Å²) in [6.07, 6.45) is -1.83. The van der Waals surface area contributed by atoms with E-state index in [2.05, 4.69) is 0 Å². The van der Waals surface area contributed by atoms with Gasteiger partial charge >= 0.3 is 71.3 Å². The quantitative estimate of drug-likeness (QED) is 0.0516. The standard InChI is InChI=1S/C28H31F25/c1-2-3-4-5-6-7-8-9-10-11-12-13-14-15-16-17(29,30)18(31,32)19(33,34)20(35,36)21(37,38)22(39,40)23(41,42)24(43,44)25(45,46)26(47,48)27(49,50)28(51,52)53/h15-16H,2-14H2,1H3. The Balaban J connectivity index is 6.18. The second kappa shape index (κ2) is 16.6. The van der Waals surface area contributed by atoms with Crippen molar-refractivity contribution < 1.29 is 110 Å². The summed E-state index contributed by atoms with van der Waals surface area (Å²) in [5.41, 5.74) is 0. The monoisotopic (exact) mass is 842 g/mol. The van der Waals surface area contributed by atoms with Crippen LogP contribution < -0.4 is 0 Å². The van der Waals surface area contributed by atoms with Crippen molar-refractivity contribution in [2.75, 3.05) is 0 Å². The Bertz CT molecular complexity index is 1160. The molecule has 0 aromatic carbocycles. The Morgan fingerprint density at radius 1 is 0.283 bits per heavy atom. The molecule has 0 bridgehead atoms. The third kappa shape index (κ3) is 8.86. The lowest BCUT2D eigenvalue weighted by Gasteiger charge is -2.45. The maximum absolute atomic E-state index is 14.0. The molecule has 0 aromatic heterocycles. The van der Waals surface area contributed by atoms with Crippen molar-refractivity contribution in [2.24, 2.45) is 0 Å². The molecule has 0 saturated carbocycles. The minimum atomic E-state index is -9.58. The lowest BCUT2D eigenvalue weighted by Crippen LogP contribution is -2.78. The second-order valence-electron chi connectivity index (χ2n) is 11.9. The Hall–Kier alpha value is -2.01. The fourth-order valence-corrected chi connectivity index (χ4v) is 4.40. The number of rotatable bonds is 24. The predicted molar refractivity (Wildman–Crippen MR) is 135 cm³/mol. The molecule has 0 atom stereocenters. The number of halogens is 25. The van der Waals surface area contributed by atoms with Crippen molar-refractivity contribution in [1.29, 1.82) is 0 Å². The van der Waals surface area contributed by atoms with Gasteiger partial charge in [-0.15, -0.1) is 0 Å². The van der Waals surface area contributed by atoms with Gasteiger partial charge in [-0.1, -0.05) is 83.6 Å². The number of hydrogen-bond donors (Lipinski definition) is 0. The smallest absolute Gasteiger partial charge is 0.195 e. The van der Waals surface area contributed by atoms with Gasteiger partial charge < -0.3 is 0 Å². The van der Waals surface area contributed by atoms with Gasteiger partial charge in [-0.3, -0.25) is 0 Å². The zero-order valence-electron chi connectivity index (χ0n) is 26.8. The van der Waals surface area contributed by atoms with Crippen molar-refractivity contribution in [1.82, 2.24) is 0 Å². The van der Waals surface area contributed by atoms with Gasteiger partial charge in [0.05, 0.1) is 0 Å². The summed E-state index contributed by atoms with van der Waals surface area (Å²) < 4.78 is 338. The molecule has 318 valence electrons. The molecule has 0 heterocycles. The number of alkyl halides is 25. The average Bonchev–Trinajstić information content (AvgIpc) is 2.99. The lowest BCUT2D eigenvalue weighted by atomic mass is 9.84. The van der Waals surface area contributed by atoms with E-state index in [1.165, 1.54) is 0 Å². The number of unbranched alkanes of at least 4 members (excludes halogenated alkanes) is 12. The van der Waals surface area contributed by atoms with E-state index in [1.807, 2.05) is 6.92 Å². The van der Waals surface area contributed by atoms with E-state index in [-0.39, 0.29) is 18.9 Å². The summed E-state index contributed by atoms with van der Waals surface area (Å²) in [4.78, 5) is 0. The molecule has 0 radical (unpaired) electrons. The summed E-state index contributed by atoms with van der Waals surface area (Å²) in [6.45, 7) is 2.02. The molecule has 0 rings (SSSR count). The van der Waals surface area contributed by atoms with E-state index < -0.39 is 83.8 Å². The molecule has 0 unspecified atom stereocenters. The van der Waals surface area contributed by atoms with Gasteiger partial charge in [-0.2, -0.15) is 110 Å². The topological polar surface area (TPSA) is 0 Å². The summed E-state index contributed by atoms with van der Waals surface area (Å²) in [5.74, 6) is -98.1. The highest BCUT2D eigenvalue weighted by Crippen LogP contribution is 2.67. The molecule has 0 aromatic rings. The summed E-state index contributed by atoms with van der Waals surface area (Å²) in [5, 5.41) is 0. The Kier molecular flexibility index (Phi) is 16.0. The molecule has 0 aliphatic rings. The normalized spacial score (nSPS) is 15.9. The molecule has 0 N–H and O–H groups in total. The highest BCUT2D eigenvalue weighted by atomic mass is 19.4. The van der Waals surface area contributed by atoms with E-state index in [0.717, 1.165) is 44.9 Å². The average molecular weight is 843 g/mol. The van der Waals surface area contributed by atoms with Crippen molar-refractivity contribution in [3.05, 3.63) is 12.2 Å². The van der Waals surface area contributed by atoms with Crippen molar-refractivity contribution >= 4 is 0 Å². The molecule has 0 saturated heterocycles. The third-order valence-corrected chi connectivity index (χ3v) is 7.88. The van der Waals surface area contributed by atoms with Crippen molar-refractivity contribution in [3.63, 3.8) is 0 Å². The van der Waals surface area contributed by atoms with Gasteiger partial charge in [-0.25, -0.2) is 0 Å². The number of allylic oxidation sites excluding steroid dienone is 2.